The first-order valence-corrected chi connectivity index (χ1v) is 8.46. The smallest absolute Gasteiger partial charge is 0.195 e. The summed E-state index contributed by atoms with van der Waals surface area (Å²) in [7, 11) is 0. The van der Waals surface area contributed by atoms with Crippen LogP contribution in [0.5, 0.6) is 0 Å². The number of ether oxygens (including phenoxy) is 1. The highest BCUT2D eigenvalue weighted by atomic mass is 32.1. The summed E-state index contributed by atoms with van der Waals surface area (Å²) in [6.07, 6.45) is 3.93. The van der Waals surface area contributed by atoms with Gasteiger partial charge in [0, 0.05) is 30.6 Å². The van der Waals surface area contributed by atoms with Crippen molar-refractivity contribution in [2.45, 2.75) is 45.2 Å². The number of fused-ring (bicyclic) bond motifs is 1. The molecule has 0 spiro atoms. The Bertz CT molecular complexity index is 618. The van der Waals surface area contributed by atoms with Gasteiger partial charge in [-0.3, -0.25) is 4.40 Å². The Morgan fingerprint density at radius 3 is 3.05 bits per heavy atom. The lowest BCUT2D eigenvalue weighted by molar-refractivity contribution is 0.0638. The first-order chi connectivity index (χ1) is 10.0. The van der Waals surface area contributed by atoms with Crippen LogP contribution in [0.2, 0.25) is 0 Å². The van der Waals surface area contributed by atoms with E-state index in [-0.39, 0.29) is 11.6 Å². The van der Waals surface area contributed by atoms with E-state index < -0.39 is 0 Å². The molecule has 2 aromatic heterocycles. The molecular weight excluding hydrogens is 284 g/mol. The van der Waals surface area contributed by atoms with Gasteiger partial charge in [0.2, 0.25) is 0 Å². The molecular formula is C15H24N4OS. The lowest BCUT2D eigenvalue weighted by Crippen LogP contribution is -2.53. The molecule has 0 bridgehead atoms. The molecule has 2 N–H and O–H groups in total. The Hall–Kier alpha value is -1.11. The average molecular weight is 308 g/mol. The van der Waals surface area contributed by atoms with Crippen molar-refractivity contribution in [1.29, 1.82) is 0 Å². The molecule has 6 heteroatoms. The molecule has 0 aliphatic carbocycles. The van der Waals surface area contributed by atoms with Gasteiger partial charge >= 0.3 is 0 Å². The number of morpholine rings is 1. The normalized spacial score (nSPS) is 20.1. The molecule has 0 aromatic carbocycles. The minimum atomic E-state index is -0.0344. The summed E-state index contributed by atoms with van der Waals surface area (Å²) < 4.78 is 7.83. The van der Waals surface area contributed by atoms with Crippen LogP contribution in [0.4, 0.5) is 5.82 Å². The number of anilines is 1. The van der Waals surface area contributed by atoms with Crippen molar-refractivity contribution in [1.82, 2.24) is 9.38 Å². The Labute approximate surface area is 129 Å². The highest BCUT2D eigenvalue weighted by Crippen LogP contribution is 2.32. The largest absolute Gasteiger partial charge is 0.377 e. The molecule has 5 nitrogen and oxygen atoms in total. The maximum atomic E-state index is 6.21. The van der Waals surface area contributed by atoms with Crippen molar-refractivity contribution < 1.29 is 4.74 Å². The van der Waals surface area contributed by atoms with Gasteiger partial charge < -0.3 is 15.4 Å². The van der Waals surface area contributed by atoms with Crippen molar-refractivity contribution in [2.24, 2.45) is 5.73 Å². The summed E-state index contributed by atoms with van der Waals surface area (Å²) in [5.41, 5.74) is 7.41. The Morgan fingerprint density at radius 2 is 2.33 bits per heavy atom. The summed E-state index contributed by atoms with van der Waals surface area (Å²) >= 11 is 1.67. The third-order valence-electron chi connectivity index (χ3n) is 4.22. The molecule has 0 amide bonds. The molecule has 3 rings (SSSR count). The predicted octanol–water partition coefficient (Wildman–Crippen LogP) is 2.29. The van der Waals surface area contributed by atoms with Crippen molar-refractivity contribution >= 4 is 22.1 Å². The number of imidazole rings is 1. The minimum Gasteiger partial charge on any atom is -0.377 e. The number of aromatic nitrogens is 2. The van der Waals surface area contributed by atoms with E-state index in [0.717, 1.165) is 43.4 Å². The van der Waals surface area contributed by atoms with Crippen LogP contribution >= 0.6 is 11.3 Å². The van der Waals surface area contributed by atoms with Crippen molar-refractivity contribution in [2.75, 3.05) is 24.7 Å². The second-order valence-corrected chi connectivity index (χ2v) is 7.20. The lowest BCUT2D eigenvalue weighted by atomic mass is 10.0. The van der Waals surface area contributed by atoms with Gasteiger partial charge in [0.25, 0.3) is 0 Å². The number of thiazole rings is 1. The molecule has 2 aromatic rings. The Morgan fingerprint density at radius 1 is 1.52 bits per heavy atom. The van der Waals surface area contributed by atoms with E-state index in [1.54, 1.807) is 11.3 Å². The monoisotopic (exact) mass is 308 g/mol. The fourth-order valence-electron chi connectivity index (χ4n) is 2.87. The summed E-state index contributed by atoms with van der Waals surface area (Å²) in [4.78, 5) is 8.31. The molecule has 1 unspecified atom stereocenters. The molecule has 116 valence electrons. The number of nitrogens with zero attached hydrogens (tertiary/aromatic N) is 3. The lowest BCUT2D eigenvalue weighted by Gasteiger charge is -2.43. The fourth-order valence-corrected chi connectivity index (χ4v) is 3.60. The third kappa shape index (κ3) is 2.67. The SMILES string of the molecule is CCC(N)Cc1c(N2CCOCC2(C)C)nc2sccn12. The zero-order valence-corrected chi connectivity index (χ0v) is 13.8. The second kappa shape index (κ2) is 5.59. The zero-order valence-electron chi connectivity index (χ0n) is 13.0. The molecule has 21 heavy (non-hydrogen) atoms. The van der Waals surface area contributed by atoms with Gasteiger partial charge in [0.15, 0.2) is 10.8 Å². The second-order valence-electron chi connectivity index (χ2n) is 6.33. The topological polar surface area (TPSA) is 55.8 Å². The van der Waals surface area contributed by atoms with Crippen LogP contribution in [0.3, 0.4) is 0 Å². The van der Waals surface area contributed by atoms with Crippen LogP contribution in [0, 0.1) is 0 Å². The van der Waals surface area contributed by atoms with Gasteiger partial charge in [0.1, 0.15) is 0 Å². The maximum absolute atomic E-state index is 6.21. The quantitative estimate of drug-likeness (QED) is 0.941. The van der Waals surface area contributed by atoms with Crippen LogP contribution in [0.1, 0.15) is 32.9 Å². The highest BCUT2D eigenvalue weighted by molar-refractivity contribution is 7.15. The van der Waals surface area contributed by atoms with E-state index in [9.17, 15) is 0 Å². The van der Waals surface area contributed by atoms with Gasteiger partial charge in [-0.15, -0.1) is 11.3 Å². The van der Waals surface area contributed by atoms with Crippen LogP contribution in [-0.4, -0.2) is 40.7 Å². The van der Waals surface area contributed by atoms with Gasteiger partial charge in [-0.1, -0.05) is 6.92 Å². The zero-order chi connectivity index (χ0) is 15.0. The molecule has 1 fully saturated rings. The van der Waals surface area contributed by atoms with Crippen LogP contribution in [-0.2, 0) is 11.2 Å². The van der Waals surface area contributed by atoms with Gasteiger partial charge in [-0.2, -0.15) is 0 Å². The molecule has 3 heterocycles. The Balaban J connectivity index is 2.04. The van der Waals surface area contributed by atoms with Crippen LogP contribution in [0.15, 0.2) is 11.6 Å². The highest BCUT2D eigenvalue weighted by Gasteiger charge is 2.34. The first-order valence-electron chi connectivity index (χ1n) is 7.58. The average Bonchev–Trinajstić information content (AvgIpc) is 3.01. The number of rotatable bonds is 4. The maximum Gasteiger partial charge on any atom is 0.195 e. The van der Waals surface area contributed by atoms with E-state index >= 15 is 0 Å². The molecule has 1 aliphatic rings. The van der Waals surface area contributed by atoms with E-state index in [4.69, 9.17) is 15.5 Å². The minimum absolute atomic E-state index is 0.0344. The van der Waals surface area contributed by atoms with Crippen LogP contribution < -0.4 is 10.6 Å². The standard InChI is InChI=1S/C15H24N4OS/c1-4-11(16)9-12-13(17-14-18(12)6-8-21-14)19-5-7-20-10-15(19,2)3/h6,8,11H,4-5,7,9-10,16H2,1-3H3. The first kappa shape index (κ1) is 14.8. The number of nitrogens with two attached hydrogens (primary N) is 1. The van der Waals surface area contributed by atoms with E-state index in [1.165, 1.54) is 5.69 Å². The number of hydrogen-bond acceptors (Lipinski definition) is 5. The number of hydrogen-bond donors (Lipinski definition) is 1. The predicted molar refractivity (Wildman–Crippen MR) is 87.3 cm³/mol. The van der Waals surface area contributed by atoms with Gasteiger partial charge in [-0.05, 0) is 20.3 Å². The summed E-state index contributed by atoms with van der Waals surface area (Å²) in [5, 5.41) is 2.08. The molecule has 0 saturated carbocycles. The summed E-state index contributed by atoms with van der Waals surface area (Å²) in [6.45, 7) is 8.93. The molecule has 1 aliphatic heterocycles. The molecule has 1 saturated heterocycles. The third-order valence-corrected chi connectivity index (χ3v) is 4.98. The van der Waals surface area contributed by atoms with Crippen molar-refractivity contribution in [3.8, 4) is 0 Å². The van der Waals surface area contributed by atoms with E-state index in [0.29, 0.717) is 0 Å². The van der Waals surface area contributed by atoms with Crippen molar-refractivity contribution in [3.05, 3.63) is 17.3 Å². The fraction of sp³-hybridized carbons (Fsp3) is 0.667. The summed E-state index contributed by atoms with van der Waals surface area (Å²) in [6, 6.07) is 0.174. The van der Waals surface area contributed by atoms with E-state index in [1.807, 2.05) is 0 Å². The Kier molecular flexibility index (Phi) is 3.94. The van der Waals surface area contributed by atoms with Gasteiger partial charge in [0.05, 0.1) is 24.4 Å². The van der Waals surface area contributed by atoms with Crippen LogP contribution in [0.25, 0.3) is 4.96 Å². The van der Waals surface area contributed by atoms with E-state index in [2.05, 4.69) is 41.6 Å². The van der Waals surface area contributed by atoms with Gasteiger partial charge in [-0.25, -0.2) is 4.98 Å². The van der Waals surface area contributed by atoms with Crippen molar-refractivity contribution in [3.63, 3.8) is 0 Å². The molecule has 0 radical (unpaired) electrons. The summed E-state index contributed by atoms with van der Waals surface area (Å²) in [5.74, 6) is 1.08. The molecule has 1 atom stereocenters.